The number of furan rings is 1. The molecule has 0 bridgehead atoms. The number of rotatable bonds is 6. The zero-order valence-electron chi connectivity index (χ0n) is 12.4. The van der Waals surface area contributed by atoms with Crippen LogP contribution in [0.1, 0.15) is 28.6 Å². The SMILES string of the molecule is COC(=O)C[C@H](NC(=O)c1ccco1)c1ccc(SC)cc1. The van der Waals surface area contributed by atoms with Gasteiger partial charge in [-0.05, 0) is 36.1 Å². The fourth-order valence-corrected chi connectivity index (χ4v) is 2.38. The number of methoxy groups -OCH3 is 1. The molecule has 0 aliphatic carbocycles. The van der Waals surface area contributed by atoms with Gasteiger partial charge in [-0.2, -0.15) is 0 Å². The van der Waals surface area contributed by atoms with E-state index in [1.165, 1.54) is 13.4 Å². The molecule has 0 radical (unpaired) electrons. The maximum atomic E-state index is 12.1. The molecule has 0 saturated heterocycles. The topological polar surface area (TPSA) is 68.5 Å². The van der Waals surface area contributed by atoms with E-state index in [-0.39, 0.29) is 18.1 Å². The molecular weight excluding hydrogens is 302 g/mol. The van der Waals surface area contributed by atoms with Gasteiger partial charge in [0.2, 0.25) is 0 Å². The highest BCUT2D eigenvalue weighted by molar-refractivity contribution is 7.98. The van der Waals surface area contributed by atoms with E-state index in [1.807, 2.05) is 30.5 Å². The number of nitrogens with one attached hydrogen (secondary N) is 1. The number of carbonyl (C=O) groups excluding carboxylic acids is 2. The van der Waals surface area contributed by atoms with Gasteiger partial charge in [0.25, 0.3) is 5.91 Å². The van der Waals surface area contributed by atoms with Gasteiger partial charge in [-0.25, -0.2) is 0 Å². The quantitative estimate of drug-likeness (QED) is 0.655. The normalized spacial score (nSPS) is 11.7. The average Bonchev–Trinajstić information content (AvgIpc) is 3.08. The Labute approximate surface area is 133 Å². The predicted octanol–water partition coefficient (Wildman–Crippen LogP) is 3.04. The number of carbonyl (C=O) groups is 2. The van der Waals surface area contributed by atoms with Crippen LogP contribution < -0.4 is 5.32 Å². The molecule has 0 aliphatic heterocycles. The number of ether oxygens (including phenoxy) is 1. The van der Waals surface area contributed by atoms with E-state index in [0.717, 1.165) is 10.5 Å². The molecule has 0 unspecified atom stereocenters. The minimum atomic E-state index is -0.471. The van der Waals surface area contributed by atoms with E-state index in [0.29, 0.717) is 0 Å². The maximum absolute atomic E-state index is 12.1. The minimum absolute atomic E-state index is 0.0571. The third-order valence-electron chi connectivity index (χ3n) is 3.17. The summed E-state index contributed by atoms with van der Waals surface area (Å²) in [6, 6.07) is 10.4. The number of hydrogen-bond acceptors (Lipinski definition) is 5. The number of benzene rings is 1. The monoisotopic (exact) mass is 319 g/mol. The largest absolute Gasteiger partial charge is 0.469 e. The van der Waals surface area contributed by atoms with Gasteiger partial charge in [0.05, 0.1) is 25.8 Å². The van der Waals surface area contributed by atoms with E-state index < -0.39 is 12.0 Å². The highest BCUT2D eigenvalue weighted by Crippen LogP contribution is 2.22. The van der Waals surface area contributed by atoms with Crippen molar-refractivity contribution in [3.63, 3.8) is 0 Å². The Morgan fingerprint density at radius 2 is 2.00 bits per heavy atom. The first-order chi connectivity index (χ1) is 10.6. The van der Waals surface area contributed by atoms with Crippen molar-refractivity contribution in [3.8, 4) is 0 Å². The Hall–Kier alpha value is -2.21. The van der Waals surface area contributed by atoms with Crippen LogP contribution in [0.4, 0.5) is 0 Å². The Morgan fingerprint density at radius 1 is 1.27 bits per heavy atom. The standard InChI is InChI=1S/C16H17NO4S/c1-20-15(18)10-13(11-5-7-12(22-2)8-6-11)17-16(19)14-4-3-9-21-14/h3-9,13H,10H2,1-2H3,(H,17,19)/t13-/m0/s1. The second-order valence-electron chi connectivity index (χ2n) is 4.56. The maximum Gasteiger partial charge on any atom is 0.307 e. The first-order valence-electron chi connectivity index (χ1n) is 6.69. The van der Waals surface area contributed by atoms with Crippen molar-refractivity contribution >= 4 is 23.6 Å². The zero-order valence-corrected chi connectivity index (χ0v) is 13.2. The summed E-state index contributed by atoms with van der Waals surface area (Å²) in [5.74, 6) is -0.554. The molecule has 22 heavy (non-hydrogen) atoms. The van der Waals surface area contributed by atoms with Crippen molar-refractivity contribution in [2.45, 2.75) is 17.4 Å². The highest BCUT2D eigenvalue weighted by atomic mass is 32.2. The molecule has 1 atom stereocenters. The second kappa shape index (κ2) is 7.70. The summed E-state index contributed by atoms with van der Waals surface area (Å²) >= 11 is 1.63. The number of hydrogen-bond donors (Lipinski definition) is 1. The van der Waals surface area contributed by atoms with Crippen LogP contribution in [0.2, 0.25) is 0 Å². The third-order valence-corrected chi connectivity index (χ3v) is 3.91. The summed E-state index contributed by atoms with van der Waals surface area (Å²) in [7, 11) is 1.32. The van der Waals surface area contributed by atoms with E-state index in [1.54, 1.807) is 23.9 Å². The molecular formula is C16H17NO4S. The fourth-order valence-electron chi connectivity index (χ4n) is 1.98. The Bertz CT molecular complexity index is 622. The summed E-state index contributed by atoms with van der Waals surface area (Å²) in [6.07, 6.45) is 3.47. The lowest BCUT2D eigenvalue weighted by Crippen LogP contribution is -2.30. The fraction of sp³-hybridized carbons (Fsp3) is 0.250. The molecule has 1 heterocycles. The Kier molecular flexibility index (Phi) is 5.66. The summed E-state index contributed by atoms with van der Waals surface area (Å²) in [5, 5.41) is 2.80. The van der Waals surface area contributed by atoms with E-state index >= 15 is 0 Å². The molecule has 0 spiro atoms. The molecule has 0 saturated carbocycles. The third kappa shape index (κ3) is 4.14. The highest BCUT2D eigenvalue weighted by Gasteiger charge is 2.20. The lowest BCUT2D eigenvalue weighted by Gasteiger charge is -2.18. The van der Waals surface area contributed by atoms with Gasteiger partial charge in [-0.1, -0.05) is 12.1 Å². The van der Waals surface area contributed by atoms with Crippen LogP contribution in [-0.4, -0.2) is 25.2 Å². The smallest absolute Gasteiger partial charge is 0.307 e. The molecule has 116 valence electrons. The summed E-state index contributed by atoms with van der Waals surface area (Å²) in [5.41, 5.74) is 0.836. The van der Waals surface area contributed by atoms with Crippen LogP contribution in [0, 0.1) is 0 Å². The van der Waals surface area contributed by atoms with E-state index in [9.17, 15) is 9.59 Å². The van der Waals surface area contributed by atoms with Gasteiger partial charge >= 0.3 is 5.97 Å². The molecule has 2 aromatic rings. The van der Waals surface area contributed by atoms with Crippen LogP contribution in [0.3, 0.4) is 0 Å². The van der Waals surface area contributed by atoms with Gasteiger partial charge in [0, 0.05) is 4.90 Å². The minimum Gasteiger partial charge on any atom is -0.469 e. The van der Waals surface area contributed by atoms with Crippen molar-refractivity contribution < 1.29 is 18.7 Å². The zero-order chi connectivity index (χ0) is 15.9. The number of amides is 1. The van der Waals surface area contributed by atoms with Crippen LogP contribution in [0.15, 0.2) is 52.0 Å². The van der Waals surface area contributed by atoms with Gasteiger partial charge in [0.15, 0.2) is 5.76 Å². The molecule has 0 fully saturated rings. The van der Waals surface area contributed by atoms with E-state index in [4.69, 9.17) is 9.15 Å². The number of thioether (sulfide) groups is 1. The lowest BCUT2D eigenvalue weighted by atomic mass is 10.0. The first-order valence-corrected chi connectivity index (χ1v) is 7.91. The average molecular weight is 319 g/mol. The molecule has 1 amide bonds. The van der Waals surface area contributed by atoms with Crippen LogP contribution in [0.5, 0.6) is 0 Å². The van der Waals surface area contributed by atoms with Crippen molar-refractivity contribution in [2.75, 3.05) is 13.4 Å². The summed E-state index contributed by atoms with van der Waals surface area (Å²) in [6.45, 7) is 0. The summed E-state index contributed by atoms with van der Waals surface area (Å²) < 4.78 is 9.77. The van der Waals surface area contributed by atoms with Crippen molar-refractivity contribution in [1.82, 2.24) is 5.32 Å². The van der Waals surface area contributed by atoms with Gasteiger partial charge in [-0.3, -0.25) is 9.59 Å². The van der Waals surface area contributed by atoms with Crippen LogP contribution >= 0.6 is 11.8 Å². The van der Waals surface area contributed by atoms with Gasteiger partial charge in [0.1, 0.15) is 0 Å². The predicted molar refractivity (Wildman–Crippen MR) is 83.8 cm³/mol. The van der Waals surface area contributed by atoms with Gasteiger partial charge in [-0.15, -0.1) is 11.8 Å². The number of esters is 1. The molecule has 2 rings (SSSR count). The second-order valence-corrected chi connectivity index (χ2v) is 5.44. The Balaban J connectivity index is 2.17. The Morgan fingerprint density at radius 3 is 2.55 bits per heavy atom. The molecule has 1 N–H and O–H groups in total. The first kappa shape index (κ1) is 16.2. The van der Waals surface area contributed by atoms with Crippen molar-refractivity contribution in [1.29, 1.82) is 0 Å². The van der Waals surface area contributed by atoms with E-state index in [2.05, 4.69) is 5.32 Å². The molecule has 1 aromatic carbocycles. The molecule has 6 heteroatoms. The molecule has 5 nitrogen and oxygen atoms in total. The summed E-state index contributed by atoms with van der Waals surface area (Å²) in [4.78, 5) is 24.8. The van der Waals surface area contributed by atoms with Crippen LogP contribution in [0.25, 0.3) is 0 Å². The van der Waals surface area contributed by atoms with Crippen LogP contribution in [-0.2, 0) is 9.53 Å². The lowest BCUT2D eigenvalue weighted by molar-refractivity contribution is -0.141. The molecule has 1 aromatic heterocycles. The van der Waals surface area contributed by atoms with Crippen molar-refractivity contribution in [3.05, 3.63) is 54.0 Å². The van der Waals surface area contributed by atoms with Gasteiger partial charge < -0.3 is 14.5 Å². The molecule has 0 aliphatic rings. The van der Waals surface area contributed by atoms with Crippen molar-refractivity contribution in [2.24, 2.45) is 0 Å².